The fourth-order valence-electron chi connectivity index (χ4n) is 4.40. The van der Waals surface area contributed by atoms with Crippen molar-refractivity contribution in [2.75, 3.05) is 32.7 Å². The van der Waals surface area contributed by atoms with Gasteiger partial charge in [-0.05, 0) is 71.8 Å². The van der Waals surface area contributed by atoms with Crippen LogP contribution < -0.4 is 0 Å². The van der Waals surface area contributed by atoms with Gasteiger partial charge in [0.05, 0.1) is 12.2 Å². The summed E-state index contributed by atoms with van der Waals surface area (Å²) in [7, 11) is 0. The van der Waals surface area contributed by atoms with Crippen molar-refractivity contribution < 1.29 is 4.74 Å². The lowest BCUT2D eigenvalue weighted by Gasteiger charge is -2.38. The van der Waals surface area contributed by atoms with E-state index in [0.717, 1.165) is 12.0 Å². The van der Waals surface area contributed by atoms with Crippen LogP contribution in [0.1, 0.15) is 79.1 Å². The topological polar surface area (TPSA) is 15.7 Å². The molecule has 2 aliphatic rings. The minimum absolute atomic E-state index is 0.396. The molecular formula is C21H42N2O. The number of nitrogens with zero attached hydrogens (tertiary/aromatic N) is 2. The third-order valence-electron chi connectivity index (χ3n) is 6.22. The smallest absolute Gasteiger partial charge is 0.0578 e. The lowest BCUT2D eigenvalue weighted by Crippen LogP contribution is -2.49. The van der Waals surface area contributed by atoms with Gasteiger partial charge in [-0.1, -0.05) is 19.8 Å². The van der Waals surface area contributed by atoms with Crippen LogP contribution in [0.4, 0.5) is 0 Å². The molecule has 0 bridgehead atoms. The number of ether oxygens (including phenoxy) is 1. The molecule has 1 unspecified atom stereocenters. The second kappa shape index (κ2) is 10.8. The Labute approximate surface area is 151 Å². The Hall–Kier alpha value is -0.120. The molecule has 142 valence electrons. The fraction of sp³-hybridized carbons (Fsp3) is 1.00. The molecule has 1 aliphatic carbocycles. The molecule has 0 aromatic rings. The highest BCUT2D eigenvalue weighted by atomic mass is 16.5. The van der Waals surface area contributed by atoms with Gasteiger partial charge in [0.25, 0.3) is 0 Å². The summed E-state index contributed by atoms with van der Waals surface area (Å²) >= 11 is 0. The summed E-state index contributed by atoms with van der Waals surface area (Å²) in [5.41, 5.74) is 0. The third kappa shape index (κ3) is 7.01. The molecule has 0 spiro atoms. The predicted octanol–water partition coefficient (Wildman–Crippen LogP) is 4.56. The first-order valence-corrected chi connectivity index (χ1v) is 10.7. The van der Waals surface area contributed by atoms with Crippen molar-refractivity contribution >= 4 is 0 Å². The van der Waals surface area contributed by atoms with Gasteiger partial charge in [0.1, 0.15) is 0 Å². The second-order valence-electron chi connectivity index (χ2n) is 8.46. The van der Waals surface area contributed by atoms with E-state index >= 15 is 0 Å². The summed E-state index contributed by atoms with van der Waals surface area (Å²) in [6.45, 7) is 15.4. The van der Waals surface area contributed by atoms with Crippen molar-refractivity contribution in [3.05, 3.63) is 0 Å². The van der Waals surface area contributed by atoms with Crippen LogP contribution in [-0.2, 0) is 4.74 Å². The molecule has 1 saturated heterocycles. The highest BCUT2D eigenvalue weighted by molar-refractivity contribution is 4.76. The fourth-order valence-corrected chi connectivity index (χ4v) is 4.40. The van der Waals surface area contributed by atoms with E-state index in [1.807, 2.05) is 0 Å². The van der Waals surface area contributed by atoms with Crippen LogP contribution in [0.5, 0.6) is 0 Å². The summed E-state index contributed by atoms with van der Waals surface area (Å²) in [6.07, 6.45) is 11.9. The average Bonchev–Trinajstić information content (AvgIpc) is 2.59. The van der Waals surface area contributed by atoms with Crippen molar-refractivity contribution in [1.29, 1.82) is 0 Å². The Bertz CT molecular complexity index is 318. The van der Waals surface area contributed by atoms with Gasteiger partial charge in [-0.15, -0.1) is 0 Å². The van der Waals surface area contributed by atoms with E-state index in [0.29, 0.717) is 12.2 Å². The van der Waals surface area contributed by atoms with E-state index in [9.17, 15) is 0 Å². The number of hydrogen-bond donors (Lipinski definition) is 0. The summed E-state index contributed by atoms with van der Waals surface area (Å²) in [4.78, 5) is 5.35. The van der Waals surface area contributed by atoms with Crippen LogP contribution in [0.25, 0.3) is 0 Å². The van der Waals surface area contributed by atoms with Crippen molar-refractivity contribution in [1.82, 2.24) is 9.80 Å². The molecule has 0 radical (unpaired) electrons. The summed E-state index contributed by atoms with van der Waals surface area (Å²) in [5, 5.41) is 0. The zero-order chi connectivity index (χ0) is 17.4. The molecule has 1 saturated carbocycles. The van der Waals surface area contributed by atoms with Gasteiger partial charge in [-0.25, -0.2) is 0 Å². The second-order valence-corrected chi connectivity index (χ2v) is 8.46. The Morgan fingerprint density at radius 3 is 2.17 bits per heavy atom. The van der Waals surface area contributed by atoms with Gasteiger partial charge in [0.2, 0.25) is 0 Å². The number of rotatable bonds is 9. The highest BCUT2D eigenvalue weighted by Crippen LogP contribution is 2.30. The molecule has 0 N–H and O–H groups in total. The molecule has 3 heteroatoms. The van der Waals surface area contributed by atoms with Gasteiger partial charge in [0, 0.05) is 32.2 Å². The minimum atomic E-state index is 0.396. The zero-order valence-electron chi connectivity index (χ0n) is 16.8. The van der Waals surface area contributed by atoms with Crippen molar-refractivity contribution in [2.24, 2.45) is 5.92 Å². The van der Waals surface area contributed by atoms with E-state index < -0.39 is 0 Å². The van der Waals surface area contributed by atoms with Crippen LogP contribution in [0.2, 0.25) is 0 Å². The molecule has 0 aromatic heterocycles. The molecule has 0 amide bonds. The van der Waals surface area contributed by atoms with Crippen LogP contribution >= 0.6 is 0 Å². The molecule has 3 nitrogen and oxygen atoms in total. The van der Waals surface area contributed by atoms with Gasteiger partial charge < -0.3 is 9.64 Å². The van der Waals surface area contributed by atoms with E-state index in [4.69, 9.17) is 4.74 Å². The van der Waals surface area contributed by atoms with Crippen molar-refractivity contribution in [3.8, 4) is 0 Å². The van der Waals surface area contributed by atoms with Crippen molar-refractivity contribution in [2.45, 2.75) is 97.3 Å². The summed E-state index contributed by atoms with van der Waals surface area (Å²) in [5.74, 6) is 0.972. The molecular weight excluding hydrogens is 296 g/mol. The Morgan fingerprint density at radius 2 is 1.58 bits per heavy atom. The summed E-state index contributed by atoms with van der Waals surface area (Å²) < 4.78 is 5.97. The SMILES string of the molecule is CCC(C)N1CCN(CCCCC2CCC(OC(C)C)CC2)CC1. The minimum Gasteiger partial charge on any atom is -0.376 e. The first-order valence-electron chi connectivity index (χ1n) is 10.7. The maximum Gasteiger partial charge on any atom is 0.0578 e. The third-order valence-corrected chi connectivity index (χ3v) is 6.22. The van der Waals surface area contributed by atoms with Crippen LogP contribution in [0.15, 0.2) is 0 Å². The van der Waals surface area contributed by atoms with Crippen molar-refractivity contribution in [3.63, 3.8) is 0 Å². The molecule has 0 aromatic carbocycles. The average molecular weight is 339 g/mol. The number of piperazine rings is 1. The van der Waals surface area contributed by atoms with E-state index in [-0.39, 0.29) is 0 Å². The Morgan fingerprint density at radius 1 is 0.917 bits per heavy atom. The maximum atomic E-state index is 5.97. The largest absolute Gasteiger partial charge is 0.376 e. The molecule has 1 aliphatic heterocycles. The molecule has 1 heterocycles. The molecule has 1 atom stereocenters. The van der Waals surface area contributed by atoms with Crippen LogP contribution in [-0.4, -0.2) is 60.8 Å². The molecule has 2 rings (SSSR count). The maximum absolute atomic E-state index is 5.97. The first kappa shape index (κ1) is 20.2. The number of hydrogen-bond acceptors (Lipinski definition) is 3. The molecule has 2 fully saturated rings. The predicted molar refractivity (Wildman–Crippen MR) is 104 cm³/mol. The lowest BCUT2D eigenvalue weighted by atomic mass is 9.84. The molecule has 24 heavy (non-hydrogen) atoms. The quantitative estimate of drug-likeness (QED) is 0.573. The van der Waals surface area contributed by atoms with E-state index in [1.165, 1.54) is 84.1 Å². The summed E-state index contributed by atoms with van der Waals surface area (Å²) in [6, 6.07) is 0.766. The monoisotopic (exact) mass is 338 g/mol. The van der Waals surface area contributed by atoms with Crippen LogP contribution in [0.3, 0.4) is 0 Å². The van der Waals surface area contributed by atoms with Gasteiger partial charge >= 0.3 is 0 Å². The zero-order valence-corrected chi connectivity index (χ0v) is 16.8. The normalized spacial score (nSPS) is 28.4. The number of unbranched alkanes of at least 4 members (excludes halogenated alkanes) is 1. The van der Waals surface area contributed by atoms with Crippen LogP contribution in [0, 0.1) is 5.92 Å². The van der Waals surface area contributed by atoms with Gasteiger partial charge in [-0.3, -0.25) is 4.90 Å². The van der Waals surface area contributed by atoms with Gasteiger partial charge in [-0.2, -0.15) is 0 Å². The Balaban J connectivity index is 1.49. The first-order chi connectivity index (χ1) is 11.6. The van der Waals surface area contributed by atoms with E-state index in [2.05, 4.69) is 37.5 Å². The van der Waals surface area contributed by atoms with Gasteiger partial charge in [0.15, 0.2) is 0 Å². The standard InChI is InChI=1S/C21H42N2O/c1-5-19(4)23-16-14-22(15-17-23)13-7-6-8-20-9-11-21(12-10-20)24-18(2)3/h18-21H,5-17H2,1-4H3. The lowest BCUT2D eigenvalue weighted by molar-refractivity contribution is -0.0203. The highest BCUT2D eigenvalue weighted by Gasteiger charge is 2.22. The Kier molecular flexibility index (Phi) is 9.07. The van der Waals surface area contributed by atoms with E-state index in [1.54, 1.807) is 0 Å².